The quantitative estimate of drug-likeness (QED) is 0.358. The summed E-state index contributed by atoms with van der Waals surface area (Å²) in [4.78, 5) is 4.49. The summed E-state index contributed by atoms with van der Waals surface area (Å²) in [7, 11) is 0. The molecule has 0 aliphatic carbocycles. The summed E-state index contributed by atoms with van der Waals surface area (Å²) in [6.45, 7) is -2.24. The van der Waals surface area contributed by atoms with Gasteiger partial charge >= 0.3 is 0 Å². The van der Waals surface area contributed by atoms with Crippen LogP contribution in [0.4, 0.5) is 0 Å². The maximum absolute atomic E-state index is 7.75. The van der Waals surface area contributed by atoms with Gasteiger partial charge in [-0.15, -0.1) is 0 Å². The second-order valence-corrected chi connectivity index (χ2v) is 6.17. The molecule has 0 unspecified atom stereocenters. The molecule has 0 aliphatic rings. The molecule has 118 valence electrons. The lowest BCUT2D eigenvalue weighted by molar-refractivity contribution is 0.672. The maximum atomic E-state index is 7.75. The predicted molar refractivity (Wildman–Crippen MR) is 100 cm³/mol. The third-order valence-corrected chi connectivity index (χ3v) is 4.73. The molecule has 0 radical (unpaired) electrons. The molecule has 0 saturated carbocycles. The fraction of sp³-hybridized carbons (Fsp3) is 0.0476. The molecule has 2 aromatic carbocycles. The Hall–Kier alpha value is -3.40. The van der Waals surface area contributed by atoms with E-state index in [-0.39, 0.29) is 5.56 Å². The summed E-state index contributed by atoms with van der Waals surface area (Å²) in [5, 5.41) is 7.63. The summed E-state index contributed by atoms with van der Waals surface area (Å²) in [5.41, 5.74) is 4.60. The Morgan fingerprint density at radius 3 is 2.64 bits per heavy atom. The Balaban J connectivity index is 1.91. The minimum Gasteiger partial charge on any atom is -0.452 e. The molecule has 4 heterocycles. The van der Waals surface area contributed by atoms with Crippen molar-refractivity contribution in [3.8, 4) is 0 Å². The van der Waals surface area contributed by atoms with Crippen LogP contribution in [0.25, 0.3) is 49.4 Å². The van der Waals surface area contributed by atoms with E-state index in [1.54, 1.807) is 10.6 Å². The molecule has 0 bridgehead atoms. The van der Waals surface area contributed by atoms with Crippen molar-refractivity contribution in [2.24, 2.45) is 0 Å². The van der Waals surface area contributed by atoms with Gasteiger partial charge in [0.1, 0.15) is 16.6 Å². The summed E-state index contributed by atoms with van der Waals surface area (Å²) in [6.07, 6.45) is 1.43. The lowest BCUT2D eigenvalue weighted by Gasteiger charge is -2.07. The molecule has 0 fully saturated rings. The van der Waals surface area contributed by atoms with E-state index < -0.39 is 6.85 Å². The van der Waals surface area contributed by atoms with Gasteiger partial charge in [0.2, 0.25) is 0 Å². The Labute approximate surface area is 146 Å². The Kier molecular flexibility index (Phi) is 1.82. The van der Waals surface area contributed by atoms with Gasteiger partial charge < -0.3 is 4.42 Å². The molecular formula is C21H13N3O. The van der Waals surface area contributed by atoms with Crippen LogP contribution < -0.4 is 0 Å². The molecule has 25 heavy (non-hydrogen) atoms. The number of para-hydroxylation sites is 1. The summed E-state index contributed by atoms with van der Waals surface area (Å²) in [5.74, 6) is 0. The molecule has 0 saturated heterocycles. The molecule has 6 aromatic rings. The largest absolute Gasteiger partial charge is 0.452 e. The number of pyridine rings is 2. The summed E-state index contributed by atoms with van der Waals surface area (Å²) in [6, 6.07) is 17.3. The monoisotopic (exact) mass is 326 g/mol. The number of hydrogen-bond donors (Lipinski definition) is 0. The van der Waals surface area contributed by atoms with Crippen molar-refractivity contribution in [3.05, 3.63) is 66.4 Å². The number of furan rings is 1. The SMILES string of the molecule is [2H]C([2H])([2H])c1cnc2c3ccccc3c3c4oc5ccccc5c4nn3c2c1. The molecule has 4 aromatic heterocycles. The van der Waals surface area contributed by atoms with Crippen LogP contribution in [0.5, 0.6) is 0 Å². The lowest BCUT2D eigenvalue weighted by Crippen LogP contribution is -1.95. The van der Waals surface area contributed by atoms with Gasteiger partial charge in [-0.2, -0.15) is 5.10 Å². The van der Waals surface area contributed by atoms with Crippen LogP contribution in [0, 0.1) is 6.85 Å². The number of nitrogens with zero attached hydrogens (tertiary/aromatic N) is 3. The van der Waals surface area contributed by atoms with Gasteiger partial charge in [0.15, 0.2) is 5.58 Å². The van der Waals surface area contributed by atoms with E-state index in [0.29, 0.717) is 16.6 Å². The third kappa shape index (κ3) is 1.56. The van der Waals surface area contributed by atoms with Gasteiger partial charge in [0.05, 0.1) is 11.0 Å². The number of rotatable bonds is 0. The first-order valence-corrected chi connectivity index (χ1v) is 8.03. The van der Waals surface area contributed by atoms with Crippen LogP contribution in [0.3, 0.4) is 0 Å². The molecule has 0 amide bonds. The van der Waals surface area contributed by atoms with Crippen LogP contribution >= 0.6 is 0 Å². The van der Waals surface area contributed by atoms with Crippen molar-refractivity contribution in [2.75, 3.05) is 0 Å². The zero-order chi connectivity index (χ0) is 19.0. The van der Waals surface area contributed by atoms with Gasteiger partial charge in [0.25, 0.3) is 0 Å². The zero-order valence-corrected chi connectivity index (χ0v) is 13.0. The molecule has 6 rings (SSSR count). The highest BCUT2D eigenvalue weighted by molar-refractivity contribution is 6.19. The van der Waals surface area contributed by atoms with Crippen LogP contribution in [0.1, 0.15) is 9.68 Å². The van der Waals surface area contributed by atoms with E-state index in [1.807, 2.05) is 48.5 Å². The van der Waals surface area contributed by atoms with Crippen LogP contribution in [0.2, 0.25) is 0 Å². The standard InChI is InChI=1S/C21H13N3O/c1-12-10-16-18(22-11-12)13-6-2-3-7-14(13)20-21-19(23-24(16)20)15-8-4-5-9-17(15)25-21/h2-11H,1H3/i1D3. The van der Waals surface area contributed by atoms with E-state index in [9.17, 15) is 0 Å². The molecule has 4 nitrogen and oxygen atoms in total. The average Bonchev–Trinajstić information content (AvgIpc) is 3.23. The van der Waals surface area contributed by atoms with E-state index >= 15 is 0 Å². The Morgan fingerprint density at radius 2 is 1.76 bits per heavy atom. The van der Waals surface area contributed by atoms with Crippen LogP contribution in [-0.4, -0.2) is 14.6 Å². The summed E-state index contributed by atoms with van der Waals surface area (Å²) < 4.78 is 31.2. The molecule has 0 atom stereocenters. The highest BCUT2D eigenvalue weighted by Crippen LogP contribution is 2.36. The van der Waals surface area contributed by atoms with Gasteiger partial charge in [-0.05, 0) is 30.6 Å². The first kappa shape index (κ1) is 10.5. The first-order valence-electron chi connectivity index (χ1n) is 9.53. The van der Waals surface area contributed by atoms with Crippen molar-refractivity contribution in [1.82, 2.24) is 14.6 Å². The van der Waals surface area contributed by atoms with Gasteiger partial charge in [-0.3, -0.25) is 4.98 Å². The minimum atomic E-state index is -2.24. The average molecular weight is 326 g/mol. The molecule has 0 aliphatic heterocycles. The number of aromatic nitrogens is 3. The molecular weight excluding hydrogens is 310 g/mol. The molecule has 0 spiro atoms. The fourth-order valence-corrected chi connectivity index (χ4v) is 3.67. The number of fused-ring (bicyclic) bond motifs is 10. The zero-order valence-electron chi connectivity index (χ0n) is 16.0. The van der Waals surface area contributed by atoms with E-state index in [0.717, 1.165) is 32.8 Å². The van der Waals surface area contributed by atoms with Crippen molar-refractivity contribution >= 4 is 49.4 Å². The number of aryl methyl sites for hydroxylation is 1. The predicted octanol–water partition coefficient (Wildman–Crippen LogP) is 5.24. The van der Waals surface area contributed by atoms with Crippen LogP contribution in [-0.2, 0) is 0 Å². The van der Waals surface area contributed by atoms with Gasteiger partial charge in [0, 0.05) is 26.5 Å². The van der Waals surface area contributed by atoms with Crippen molar-refractivity contribution in [1.29, 1.82) is 0 Å². The normalized spacial score (nSPS) is 14.5. The first-order chi connectivity index (χ1) is 13.5. The van der Waals surface area contributed by atoms with Crippen LogP contribution in [0.15, 0.2) is 65.2 Å². The molecule has 0 N–H and O–H groups in total. The summed E-state index contributed by atoms with van der Waals surface area (Å²) >= 11 is 0. The Bertz CT molecular complexity index is 1560. The highest BCUT2D eigenvalue weighted by atomic mass is 16.3. The lowest BCUT2D eigenvalue weighted by atomic mass is 10.1. The second-order valence-electron chi connectivity index (χ2n) is 6.17. The van der Waals surface area contributed by atoms with Gasteiger partial charge in [-0.1, -0.05) is 36.4 Å². The maximum Gasteiger partial charge on any atom is 0.181 e. The molecule has 4 heteroatoms. The van der Waals surface area contributed by atoms with Crippen molar-refractivity contribution in [2.45, 2.75) is 6.85 Å². The van der Waals surface area contributed by atoms with E-state index in [4.69, 9.17) is 13.6 Å². The topological polar surface area (TPSA) is 43.3 Å². The highest BCUT2D eigenvalue weighted by Gasteiger charge is 2.19. The third-order valence-electron chi connectivity index (χ3n) is 4.73. The number of hydrogen-bond acceptors (Lipinski definition) is 3. The second kappa shape index (κ2) is 4.36. The number of benzene rings is 2. The van der Waals surface area contributed by atoms with E-state index in [1.165, 1.54) is 6.20 Å². The smallest absolute Gasteiger partial charge is 0.181 e. The van der Waals surface area contributed by atoms with E-state index in [2.05, 4.69) is 4.98 Å². The van der Waals surface area contributed by atoms with Crippen molar-refractivity contribution in [3.63, 3.8) is 0 Å². The minimum absolute atomic E-state index is 0.188. The van der Waals surface area contributed by atoms with Gasteiger partial charge in [-0.25, -0.2) is 4.52 Å². The Morgan fingerprint density at radius 1 is 0.960 bits per heavy atom. The fourth-order valence-electron chi connectivity index (χ4n) is 3.67. The van der Waals surface area contributed by atoms with Crippen molar-refractivity contribution < 1.29 is 8.53 Å².